The number of hydrogen-bond donors (Lipinski definition) is 1. The third-order valence-corrected chi connectivity index (χ3v) is 5.63. The molecule has 8 nitrogen and oxygen atoms in total. The Balaban J connectivity index is 1.39. The number of hydrogen-bond acceptors (Lipinski definition) is 6. The predicted octanol–water partition coefficient (Wildman–Crippen LogP) is 1.12. The second-order valence-corrected chi connectivity index (χ2v) is 7.54. The number of imidazole rings is 1. The second-order valence-electron chi connectivity index (χ2n) is 7.54. The van der Waals surface area contributed by atoms with Crippen LogP contribution >= 0.6 is 0 Å². The summed E-state index contributed by atoms with van der Waals surface area (Å²) in [7, 11) is 0. The van der Waals surface area contributed by atoms with Gasteiger partial charge in [-0.05, 0) is 33.2 Å². The van der Waals surface area contributed by atoms with E-state index in [4.69, 9.17) is 0 Å². The number of piperazine rings is 1. The van der Waals surface area contributed by atoms with Gasteiger partial charge in [-0.2, -0.15) is 0 Å². The van der Waals surface area contributed by atoms with Gasteiger partial charge in [0.1, 0.15) is 11.8 Å². The summed E-state index contributed by atoms with van der Waals surface area (Å²) in [6.07, 6.45) is 5.33. The number of anilines is 1. The molecule has 2 aromatic heterocycles. The zero-order chi connectivity index (χ0) is 18.1. The van der Waals surface area contributed by atoms with E-state index in [-0.39, 0.29) is 5.92 Å². The Bertz CT molecular complexity index is 766. The smallest absolute Gasteiger partial charge is 0.227 e. The molecule has 4 heterocycles. The van der Waals surface area contributed by atoms with E-state index in [1.807, 2.05) is 4.90 Å². The number of carbonyl (C=O) groups is 1. The molecular formula is C18H27N7O. The molecule has 140 valence electrons. The van der Waals surface area contributed by atoms with Crippen LogP contribution < -0.4 is 4.90 Å². The van der Waals surface area contributed by atoms with Gasteiger partial charge in [-0.15, -0.1) is 0 Å². The van der Waals surface area contributed by atoms with Crippen molar-refractivity contribution in [2.75, 3.05) is 44.2 Å². The Kier molecular flexibility index (Phi) is 4.76. The highest BCUT2D eigenvalue weighted by Gasteiger charge is 2.32. The summed E-state index contributed by atoms with van der Waals surface area (Å²) in [5.74, 6) is 1.35. The van der Waals surface area contributed by atoms with Crippen LogP contribution in [0.4, 0.5) is 5.82 Å². The normalized spacial score (nSPS) is 22.3. The summed E-state index contributed by atoms with van der Waals surface area (Å²) in [5, 5.41) is 0. The lowest BCUT2D eigenvalue weighted by molar-refractivity contribution is -0.137. The lowest BCUT2D eigenvalue weighted by Gasteiger charge is -2.40. The molecule has 2 aromatic rings. The standard InChI is InChI=1S/C18H27N7O/c1-13(2)25-5-3-4-14(10-25)18(26)24-8-6-23(7-9-24)17-15-16(20-11-19-15)21-12-22-17/h11-14H,3-10H2,1-2H3,(H,19,20,21,22)/t14-/m0/s1. The minimum Gasteiger partial charge on any atom is -0.351 e. The van der Waals surface area contributed by atoms with Crippen LogP contribution in [0.3, 0.4) is 0 Å². The van der Waals surface area contributed by atoms with Crippen LogP contribution in [0.25, 0.3) is 11.2 Å². The van der Waals surface area contributed by atoms with Crippen molar-refractivity contribution < 1.29 is 4.79 Å². The lowest BCUT2D eigenvalue weighted by atomic mass is 9.95. The van der Waals surface area contributed by atoms with Gasteiger partial charge in [-0.3, -0.25) is 4.79 Å². The van der Waals surface area contributed by atoms with Gasteiger partial charge in [-0.1, -0.05) is 0 Å². The Morgan fingerprint density at radius 3 is 2.73 bits per heavy atom. The van der Waals surface area contributed by atoms with Gasteiger partial charge in [0.2, 0.25) is 5.91 Å². The van der Waals surface area contributed by atoms with Crippen LogP contribution in [0.5, 0.6) is 0 Å². The molecule has 1 amide bonds. The average Bonchev–Trinajstić information content (AvgIpc) is 3.16. The first-order valence-corrected chi connectivity index (χ1v) is 9.55. The third kappa shape index (κ3) is 3.25. The van der Waals surface area contributed by atoms with Crippen molar-refractivity contribution in [3.63, 3.8) is 0 Å². The topological polar surface area (TPSA) is 81.2 Å². The summed E-state index contributed by atoms with van der Waals surface area (Å²) >= 11 is 0. The Morgan fingerprint density at radius 1 is 1.15 bits per heavy atom. The summed E-state index contributed by atoms with van der Waals surface area (Å²) in [5.41, 5.74) is 1.55. The number of nitrogens with zero attached hydrogens (tertiary/aromatic N) is 6. The van der Waals surface area contributed by atoms with Gasteiger partial charge < -0.3 is 19.7 Å². The number of piperidine rings is 1. The first-order chi connectivity index (χ1) is 12.6. The molecule has 8 heteroatoms. The van der Waals surface area contributed by atoms with Crippen molar-refractivity contribution in [2.24, 2.45) is 5.92 Å². The summed E-state index contributed by atoms with van der Waals surface area (Å²) < 4.78 is 0. The zero-order valence-corrected chi connectivity index (χ0v) is 15.6. The molecule has 26 heavy (non-hydrogen) atoms. The summed E-state index contributed by atoms with van der Waals surface area (Å²) in [6.45, 7) is 9.51. The maximum Gasteiger partial charge on any atom is 0.227 e. The molecule has 0 spiro atoms. The van der Waals surface area contributed by atoms with Gasteiger partial charge >= 0.3 is 0 Å². The summed E-state index contributed by atoms with van der Waals surface area (Å²) in [4.78, 5) is 35.6. The van der Waals surface area contributed by atoms with Gasteiger partial charge in [0, 0.05) is 38.8 Å². The Labute approximate surface area is 153 Å². The van der Waals surface area contributed by atoms with Crippen LogP contribution in [0.2, 0.25) is 0 Å². The SMILES string of the molecule is CC(C)N1CCC[C@H](C(=O)N2CCN(c3ncnc4nc[nH]c34)CC2)C1. The summed E-state index contributed by atoms with van der Waals surface area (Å²) in [6, 6.07) is 0.511. The molecule has 2 aliphatic heterocycles. The maximum absolute atomic E-state index is 13.0. The molecule has 0 aliphatic carbocycles. The maximum atomic E-state index is 13.0. The fourth-order valence-electron chi connectivity index (χ4n) is 4.07. The van der Waals surface area contributed by atoms with Crippen molar-refractivity contribution in [3.05, 3.63) is 12.7 Å². The van der Waals surface area contributed by atoms with Gasteiger partial charge in [0.25, 0.3) is 0 Å². The van der Waals surface area contributed by atoms with E-state index in [0.717, 1.165) is 63.4 Å². The lowest BCUT2D eigenvalue weighted by Crippen LogP contribution is -2.53. The number of fused-ring (bicyclic) bond motifs is 1. The molecule has 0 unspecified atom stereocenters. The predicted molar refractivity (Wildman–Crippen MR) is 99.9 cm³/mol. The molecule has 2 fully saturated rings. The molecule has 0 radical (unpaired) electrons. The van der Waals surface area contributed by atoms with Crippen molar-refractivity contribution in [1.82, 2.24) is 29.7 Å². The molecule has 1 atom stereocenters. The van der Waals surface area contributed by atoms with Crippen molar-refractivity contribution in [1.29, 1.82) is 0 Å². The van der Waals surface area contributed by atoms with Crippen molar-refractivity contribution in [2.45, 2.75) is 32.7 Å². The molecule has 1 N–H and O–H groups in total. The molecule has 2 aliphatic rings. The van der Waals surface area contributed by atoms with E-state index in [0.29, 0.717) is 17.6 Å². The number of H-pyrrole nitrogens is 1. The van der Waals surface area contributed by atoms with E-state index < -0.39 is 0 Å². The molecule has 0 aromatic carbocycles. The van der Waals surface area contributed by atoms with Crippen LogP contribution in [0.1, 0.15) is 26.7 Å². The third-order valence-electron chi connectivity index (χ3n) is 5.63. The van der Waals surface area contributed by atoms with E-state index >= 15 is 0 Å². The average molecular weight is 357 g/mol. The van der Waals surface area contributed by atoms with Crippen LogP contribution in [0, 0.1) is 5.92 Å². The quantitative estimate of drug-likeness (QED) is 0.887. The molecule has 4 rings (SSSR count). The number of likely N-dealkylation sites (tertiary alicyclic amines) is 1. The number of amides is 1. The largest absolute Gasteiger partial charge is 0.351 e. The minimum atomic E-state index is 0.149. The first-order valence-electron chi connectivity index (χ1n) is 9.55. The number of aromatic amines is 1. The van der Waals surface area contributed by atoms with E-state index in [2.05, 4.69) is 43.6 Å². The van der Waals surface area contributed by atoms with Crippen LogP contribution in [0.15, 0.2) is 12.7 Å². The van der Waals surface area contributed by atoms with Gasteiger partial charge in [-0.25, -0.2) is 15.0 Å². The van der Waals surface area contributed by atoms with Crippen molar-refractivity contribution >= 4 is 22.9 Å². The highest BCUT2D eigenvalue weighted by Crippen LogP contribution is 2.24. The fourth-order valence-corrected chi connectivity index (χ4v) is 4.07. The monoisotopic (exact) mass is 357 g/mol. The van der Waals surface area contributed by atoms with E-state index in [9.17, 15) is 4.79 Å². The molecular weight excluding hydrogens is 330 g/mol. The van der Waals surface area contributed by atoms with Gasteiger partial charge in [0.15, 0.2) is 11.5 Å². The van der Waals surface area contributed by atoms with Crippen LogP contribution in [-0.4, -0.2) is 81.0 Å². The molecule has 0 saturated carbocycles. The van der Waals surface area contributed by atoms with Crippen molar-refractivity contribution in [3.8, 4) is 0 Å². The number of aromatic nitrogens is 4. The van der Waals surface area contributed by atoms with E-state index in [1.165, 1.54) is 0 Å². The molecule has 0 bridgehead atoms. The minimum absolute atomic E-state index is 0.149. The number of nitrogens with one attached hydrogen (secondary N) is 1. The number of carbonyl (C=O) groups excluding carboxylic acids is 1. The van der Waals surface area contributed by atoms with E-state index in [1.54, 1.807) is 12.7 Å². The zero-order valence-electron chi connectivity index (χ0n) is 15.6. The molecule has 2 saturated heterocycles. The Hall–Kier alpha value is -2.22. The first kappa shape index (κ1) is 17.2. The Morgan fingerprint density at radius 2 is 1.96 bits per heavy atom. The highest BCUT2D eigenvalue weighted by atomic mass is 16.2. The van der Waals surface area contributed by atoms with Crippen LogP contribution in [-0.2, 0) is 4.79 Å². The highest BCUT2D eigenvalue weighted by molar-refractivity contribution is 5.83. The second kappa shape index (κ2) is 7.19. The fraction of sp³-hybridized carbons (Fsp3) is 0.667. The number of rotatable bonds is 3. The van der Waals surface area contributed by atoms with Gasteiger partial charge in [0.05, 0.1) is 12.2 Å².